The van der Waals surface area contributed by atoms with Crippen LogP contribution in [-0.4, -0.2) is 58.9 Å². The largest absolute Gasteiger partial charge is 0.356 e. The van der Waals surface area contributed by atoms with Crippen molar-refractivity contribution in [1.29, 1.82) is 0 Å². The van der Waals surface area contributed by atoms with Crippen LogP contribution in [0.25, 0.3) is 0 Å². The Morgan fingerprint density at radius 3 is 2.73 bits per heavy atom. The van der Waals surface area contributed by atoms with Gasteiger partial charge in [-0.2, -0.15) is 0 Å². The molecule has 2 aliphatic heterocycles. The lowest BCUT2D eigenvalue weighted by atomic mass is 10.2. The van der Waals surface area contributed by atoms with Crippen LogP contribution >= 0.6 is 35.3 Å². The van der Waals surface area contributed by atoms with Crippen molar-refractivity contribution in [3.63, 3.8) is 0 Å². The topological polar surface area (TPSA) is 70.4 Å². The number of rotatable bonds is 7. The van der Waals surface area contributed by atoms with Gasteiger partial charge >= 0.3 is 0 Å². The summed E-state index contributed by atoms with van der Waals surface area (Å²) < 4.78 is 2.32. The van der Waals surface area contributed by atoms with E-state index in [1.807, 2.05) is 18.4 Å². The number of hydrogen-bond acceptors (Lipinski definition) is 5. The van der Waals surface area contributed by atoms with E-state index in [0.717, 1.165) is 50.1 Å². The minimum Gasteiger partial charge on any atom is -0.356 e. The first-order valence-corrected chi connectivity index (χ1v) is 11.9. The van der Waals surface area contributed by atoms with E-state index in [2.05, 4.69) is 52.8 Å². The van der Waals surface area contributed by atoms with Crippen LogP contribution in [0.3, 0.4) is 0 Å². The molecule has 30 heavy (non-hydrogen) atoms. The molecule has 7 nitrogen and oxygen atoms in total. The summed E-state index contributed by atoms with van der Waals surface area (Å²) in [6.45, 7) is 5.12. The molecule has 4 heterocycles. The van der Waals surface area contributed by atoms with E-state index in [1.165, 1.54) is 50.1 Å². The van der Waals surface area contributed by atoms with E-state index in [1.54, 1.807) is 0 Å². The zero-order chi connectivity index (χ0) is 19.9. The summed E-state index contributed by atoms with van der Waals surface area (Å²) in [5.74, 6) is 3.11. The van der Waals surface area contributed by atoms with Crippen molar-refractivity contribution < 1.29 is 0 Å². The zero-order valence-corrected chi connectivity index (χ0v) is 21.0. The maximum absolute atomic E-state index is 4.43. The summed E-state index contributed by atoms with van der Waals surface area (Å²) in [7, 11) is 1.84. The molecule has 166 valence electrons. The Hall–Kier alpha value is -1.20. The zero-order valence-electron chi connectivity index (χ0n) is 17.8. The van der Waals surface area contributed by atoms with Gasteiger partial charge in [0.2, 0.25) is 0 Å². The van der Waals surface area contributed by atoms with E-state index in [9.17, 15) is 0 Å². The van der Waals surface area contributed by atoms with Crippen molar-refractivity contribution in [2.75, 3.05) is 33.2 Å². The van der Waals surface area contributed by atoms with E-state index >= 15 is 0 Å². The summed E-state index contributed by atoms with van der Waals surface area (Å²) in [5.41, 5.74) is 0. The Labute approximate surface area is 200 Å². The first-order valence-electron chi connectivity index (χ1n) is 11.0. The summed E-state index contributed by atoms with van der Waals surface area (Å²) in [4.78, 5) is 8.45. The molecule has 0 amide bonds. The Kier molecular flexibility index (Phi) is 9.38. The quantitative estimate of drug-likeness (QED) is 0.319. The van der Waals surface area contributed by atoms with Gasteiger partial charge in [-0.1, -0.05) is 12.5 Å². The third-order valence-electron chi connectivity index (χ3n) is 5.97. The first-order chi connectivity index (χ1) is 14.3. The number of likely N-dealkylation sites (tertiary alicyclic amines) is 1. The van der Waals surface area contributed by atoms with Crippen molar-refractivity contribution in [2.24, 2.45) is 4.99 Å². The number of nitrogens with zero attached hydrogens (tertiary/aromatic N) is 5. The number of fused-ring (bicyclic) bond motifs is 1. The van der Waals surface area contributed by atoms with Crippen LogP contribution in [0.5, 0.6) is 0 Å². The van der Waals surface area contributed by atoms with Crippen molar-refractivity contribution in [3.8, 4) is 0 Å². The monoisotopic (exact) mass is 543 g/mol. The lowest BCUT2D eigenvalue weighted by molar-refractivity contribution is 0.249. The average molecular weight is 544 g/mol. The number of guanidine groups is 1. The fourth-order valence-electron chi connectivity index (χ4n) is 4.38. The first kappa shape index (κ1) is 23.5. The van der Waals surface area contributed by atoms with Gasteiger partial charge < -0.3 is 15.2 Å². The molecular formula is C21H34IN7S. The highest BCUT2D eigenvalue weighted by molar-refractivity contribution is 14.0. The van der Waals surface area contributed by atoms with Crippen molar-refractivity contribution in [3.05, 3.63) is 34.0 Å². The highest BCUT2D eigenvalue weighted by Crippen LogP contribution is 2.27. The third-order valence-corrected chi connectivity index (χ3v) is 6.94. The van der Waals surface area contributed by atoms with E-state index in [-0.39, 0.29) is 24.0 Å². The molecule has 1 unspecified atom stereocenters. The molecule has 0 radical (unpaired) electrons. The normalized spacial score (nSPS) is 18.4. The molecule has 2 aromatic heterocycles. The molecular weight excluding hydrogens is 509 g/mol. The molecule has 0 bridgehead atoms. The van der Waals surface area contributed by atoms with Gasteiger partial charge in [0.25, 0.3) is 0 Å². The minimum atomic E-state index is 0. The van der Waals surface area contributed by atoms with Crippen LogP contribution < -0.4 is 10.6 Å². The fraction of sp³-hybridized carbons (Fsp3) is 0.667. The van der Waals surface area contributed by atoms with Crippen LogP contribution in [0, 0.1) is 0 Å². The smallest absolute Gasteiger partial charge is 0.191 e. The summed E-state index contributed by atoms with van der Waals surface area (Å²) in [6.07, 6.45) is 8.29. The van der Waals surface area contributed by atoms with Crippen molar-refractivity contribution >= 4 is 41.3 Å². The van der Waals surface area contributed by atoms with Gasteiger partial charge in [-0.05, 0) is 50.2 Å². The lowest BCUT2D eigenvalue weighted by Crippen LogP contribution is -2.43. The molecule has 1 saturated heterocycles. The molecule has 2 aliphatic rings. The van der Waals surface area contributed by atoms with Gasteiger partial charge in [-0.15, -0.1) is 45.5 Å². The van der Waals surface area contributed by atoms with Gasteiger partial charge in [-0.25, -0.2) is 0 Å². The van der Waals surface area contributed by atoms with Crippen LogP contribution in [0.4, 0.5) is 0 Å². The Morgan fingerprint density at radius 2 is 1.97 bits per heavy atom. The summed E-state index contributed by atoms with van der Waals surface area (Å²) in [6, 6.07) is 4.82. The minimum absolute atomic E-state index is 0. The maximum atomic E-state index is 4.43. The van der Waals surface area contributed by atoms with Crippen LogP contribution in [0.2, 0.25) is 0 Å². The number of halogens is 1. The second-order valence-electron chi connectivity index (χ2n) is 7.90. The second-order valence-corrected chi connectivity index (χ2v) is 8.88. The number of aliphatic imine (C=N–C) groups is 1. The Morgan fingerprint density at radius 1 is 1.13 bits per heavy atom. The molecule has 2 aromatic rings. The van der Waals surface area contributed by atoms with Crippen LogP contribution in [0.15, 0.2) is 22.5 Å². The molecule has 2 N–H and O–H groups in total. The predicted molar refractivity (Wildman–Crippen MR) is 134 cm³/mol. The highest BCUT2D eigenvalue weighted by atomic mass is 127. The predicted octanol–water partition coefficient (Wildman–Crippen LogP) is 3.23. The van der Waals surface area contributed by atoms with E-state index in [4.69, 9.17) is 0 Å². The molecule has 9 heteroatoms. The van der Waals surface area contributed by atoms with Gasteiger partial charge in [-0.3, -0.25) is 9.89 Å². The molecule has 0 aromatic carbocycles. The number of aryl methyl sites for hydroxylation is 1. The Bertz CT molecular complexity index is 783. The fourth-order valence-corrected chi connectivity index (χ4v) is 5.24. The van der Waals surface area contributed by atoms with Gasteiger partial charge in [0.05, 0.1) is 6.04 Å². The maximum Gasteiger partial charge on any atom is 0.191 e. The number of thiophene rings is 1. The number of aromatic nitrogens is 3. The van der Waals surface area contributed by atoms with Crippen molar-refractivity contribution in [1.82, 2.24) is 30.3 Å². The summed E-state index contributed by atoms with van der Waals surface area (Å²) in [5, 5.41) is 18.0. The molecule has 4 rings (SSSR count). The highest BCUT2D eigenvalue weighted by Gasteiger charge is 2.24. The van der Waals surface area contributed by atoms with Gasteiger partial charge in [0, 0.05) is 44.4 Å². The SMILES string of the molecule is CN=C(NCCc1nnc2n1CCCCC2)NCC(c1cccs1)N1CCCC1.I. The molecule has 0 spiro atoms. The number of hydrogen-bond donors (Lipinski definition) is 2. The summed E-state index contributed by atoms with van der Waals surface area (Å²) >= 11 is 1.85. The van der Waals surface area contributed by atoms with Gasteiger partial charge in [0.15, 0.2) is 5.96 Å². The van der Waals surface area contributed by atoms with Gasteiger partial charge in [0.1, 0.15) is 11.6 Å². The van der Waals surface area contributed by atoms with Crippen molar-refractivity contribution in [2.45, 2.75) is 57.5 Å². The van der Waals surface area contributed by atoms with E-state index < -0.39 is 0 Å². The molecule has 1 fully saturated rings. The molecule has 0 saturated carbocycles. The second kappa shape index (κ2) is 12.0. The van der Waals surface area contributed by atoms with Crippen LogP contribution in [0.1, 0.15) is 54.7 Å². The average Bonchev–Trinajstić information content (AvgIpc) is 3.49. The standard InChI is InChI=1S/C21H33N7S.HI/c1-22-21(23-11-10-20-26-25-19-9-3-2-4-14-28(19)20)24-16-17(18-8-7-15-29-18)27-12-5-6-13-27;/h7-8,15,17H,2-6,9-14,16H2,1H3,(H2,22,23,24);1H. The lowest BCUT2D eigenvalue weighted by Gasteiger charge is -2.27. The van der Waals surface area contributed by atoms with Crippen LogP contribution in [-0.2, 0) is 19.4 Å². The molecule has 0 aliphatic carbocycles. The Balaban J connectivity index is 0.00000256. The molecule has 1 atom stereocenters. The van der Waals surface area contributed by atoms with E-state index in [0.29, 0.717) is 6.04 Å². The third kappa shape index (κ3) is 5.94. The number of nitrogens with one attached hydrogen (secondary N) is 2.